The summed E-state index contributed by atoms with van der Waals surface area (Å²) in [6, 6.07) is 4.54. The van der Waals surface area contributed by atoms with Gasteiger partial charge in [-0.1, -0.05) is 0 Å². The highest BCUT2D eigenvalue weighted by Gasteiger charge is 2.22. The van der Waals surface area contributed by atoms with Crippen molar-refractivity contribution in [3.63, 3.8) is 0 Å². The first-order chi connectivity index (χ1) is 10.2. The molecule has 0 bridgehead atoms. The number of ether oxygens (including phenoxy) is 2. The summed E-state index contributed by atoms with van der Waals surface area (Å²) in [7, 11) is 3.26. The molecule has 1 saturated carbocycles. The minimum absolute atomic E-state index is 0.583. The molecule has 21 heavy (non-hydrogen) atoms. The Kier molecular flexibility index (Phi) is 5.73. The van der Waals surface area contributed by atoms with Crippen LogP contribution in [0.5, 0.6) is 11.5 Å². The molecule has 2 rings (SSSR count). The van der Waals surface area contributed by atoms with E-state index in [9.17, 15) is 0 Å². The van der Waals surface area contributed by atoms with E-state index in [-0.39, 0.29) is 0 Å². The first-order valence-electron chi connectivity index (χ1n) is 7.13. The van der Waals surface area contributed by atoms with Gasteiger partial charge in [0.1, 0.15) is 0 Å². The third kappa shape index (κ3) is 4.52. The zero-order valence-corrected chi connectivity index (χ0v) is 14.3. The predicted octanol–water partition coefficient (Wildman–Crippen LogP) is 2.68. The fraction of sp³-hybridized carbons (Fsp3) is 0.533. The zero-order chi connectivity index (χ0) is 15.2. The van der Waals surface area contributed by atoms with Gasteiger partial charge in [0.15, 0.2) is 17.5 Å². The normalized spacial score (nSPS) is 14.8. The van der Waals surface area contributed by atoms with Gasteiger partial charge in [0.05, 0.1) is 25.2 Å². The van der Waals surface area contributed by atoms with Crippen molar-refractivity contribution in [1.82, 2.24) is 10.6 Å². The van der Waals surface area contributed by atoms with E-state index in [1.54, 1.807) is 14.2 Å². The van der Waals surface area contributed by atoms with Gasteiger partial charge in [-0.15, -0.1) is 0 Å². The Morgan fingerprint density at radius 2 is 2.10 bits per heavy atom. The minimum Gasteiger partial charge on any atom is -0.493 e. The van der Waals surface area contributed by atoms with Gasteiger partial charge < -0.3 is 20.1 Å². The third-order valence-electron chi connectivity index (χ3n) is 3.18. The van der Waals surface area contributed by atoms with Crippen molar-refractivity contribution in [2.45, 2.75) is 32.4 Å². The number of hydrogen-bond donors (Lipinski definition) is 2. The topological polar surface area (TPSA) is 54.9 Å². The van der Waals surface area contributed by atoms with Crippen LogP contribution in [0.25, 0.3) is 0 Å². The molecule has 0 amide bonds. The second-order valence-corrected chi connectivity index (χ2v) is 5.78. The van der Waals surface area contributed by atoms with Gasteiger partial charge in [-0.3, -0.25) is 0 Å². The molecule has 0 radical (unpaired) electrons. The van der Waals surface area contributed by atoms with Crippen LogP contribution in [0, 0.1) is 0 Å². The van der Waals surface area contributed by atoms with Crippen LogP contribution in [-0.2, 0) is 6.54 Å². The fourth-order valence-electron chi connectivity index (χ4n) is 1.97. The number of halogens is 1. The molecule has 0 aromatic heterocycles. The number of aliphatic imine (C=N–C) groups is 1. The number of benzene rings is 1. The number of guanidine groups is 1. The Morgan fingerprint density at radius 3 is 2.67 bits per heavy atom. The van der Waals surface area contributed by atoms with Crippen molar-refractivity contribution in [1.29, 1.82) is 0 Å². The lowest BCUT2D eigenvalue weighted by molar-refractivity contribution is 0.352. The van der Waals surface area contributed by atoms with Crippen LogP contribution in [0.4, 0.5) is 0 Å². The van der Waals surface area contributed by atoms with Crippen molar-refractivity contribution in [2.75, 3.05) is 20.8 Å². The van der Waals surface area contributed by atoms with E-state index in [2.05, 4.69) is 38.5 Å². The average Bonchev–Trinajstić information content (AvgIpc) is 3.28. The van der Waals surface area contributed by atoms with Crippen LogP contribution < -0.4 is 20.1 Å². The standard InChI is InChI=1S/C15H22BrN3O2/c1-4-17-15(19-11-5-6-11)18-9-10-7-12(16)14(21-3)13(8-10)20-2/h7-8,11H,4-6,9H2,1-3H3,(H2,17,18,19). The molecule has 116 valence electrons. The largest absolute Gasteiger partial charge is 0.493 e. The van der Waals surface area contributed by atoms with Gasteiger partial charge in [-0.05, 0) is 53.4 Å². The summed E-state index contributed by atoms with van der Waals surface area (Å²) in [5.74, 6) is 2.27. The summed E-state index contributed by atoms with van der Waals surface area (Å²) in [6.45, 7) is 3.51. The smallest absolute Gasteiger partial charge is 0.191 e. The van der Waals surface area contributed by atoms with Crippen LogP contribution in [0.1, 0.15) is 25.3 Å². The lowest BCUT2D eigenvalue weighted by Crippen LogP contribution is -2.38. The van der Waals surface area contributed by atoms with E-state index >= 15 is 0 Å². The maximum absolute atomic E-state index is 5.35. The molecular formula is C15H22BrN3O2. The van der Waals surface area contributed by atoms with Crippen LogP contribution >= 0.6 is 15.9 Å². The molecular weight excluding hydrogens is 334 g/mol. The van der Waals surface area contributed by atoms with Crippen LogP contribution in [0.3, 0.4) is 0 Å². The van der Waals surface area contributed by atoms with Crippen molar-refractivity contribution >= 4 is 21.9 Å². The lowest BCUT2D eigenvalue weighted by Gasteiger charge is -2.12. The van der Waals surface area contributed by atoms with Gasteiger partial charge in [0.25, 0.3) is 0 Å². The van der Waals surface area contributed by atoms with E-state index < -0.39 is 0 Å². The Morgan fingerprint density at radius 1 is 1.33 bits per heavy atom. The average molecular weight is 356 g/mol. The molecule has 1 aromatic rings. The molecule has 0 saturated heterocycles. The summed E-state index contributed by atoms with van der Waals surface area (Å²) < 4.78 is 11.5. The number of nitrogens with one attached hydrogen (secondary N) is 2. The maximum Gasteiger partial charge on any atom is 0.191 e. The molecule has 1 aromatic carbocycles. The van der Waals surface area contributed by atoms with Crippen molar-refractivity contribution < 1.29 is 9.47 Å². The number of methoxy groups -OCH3 is 2. The lowest BCUT2D eigenvalue weighted by atomic mass is 10.2. The van der Waals surface area contributed by atoms with E-state index in [4.69, 9.17) is 9.47 Å². The molecule has 1 aliphatic rings. The molecule has 5 nitrogen and oxygen atoms in total. The minimum atomic E-state index is 0.583. The van der Waals surface area contributed by atoms with Crippen LogP contribution in [0.15, 0.2) is 21.6 Å². The zero-order valence-electron chi connectivity index (χ0n) is 12.7. The van der Waals surface area contributed by atoms with Gasteiger partial charge in [0, 0.05) is 12.6 Å². The van der Waals surface area contributed by atoms with Crippen LogP contribution in [0.2, 0.25) is 0 Å². The van der Waals surface area contributed by atoms with E-state index in [0.717, 1.165) is 22.5 Å². The van der Waals surface area contributed by atoms with Gasteiger partial charge in [-0.2, -0.15) is 0 Å². The number of hydrogen-bond acceptors (Lipinski definition) is 3. The first-order valence-corrected chi connectivity index (χ1v) is 7.92. The van der Waals surface area contributed by atoms with Gasteiger partial charge in [0.2, 0.25) is 0 Å². The van der Waals surface area contributed by atoms with Gasteiger partial charge in [-0.25, -0.2) is 4.99 Å². The number of nitrogens with zero attached hydrogens (tertiary/aromatic N) is 1. The second-order valence-electron chi connectivity index (χ2n) is 4.93. The molecule has 0 atom stereocenters. The molecule has 6 heteroatoms. The summed E-state index contributed by atoms with van der Waals surface area (Å²) in [4.78, 5) is 4.61. The molecule has 0 aliphatic heterocycles. The van der Waals surface area contributed by atoms with Crippen molar-refractivity contribution in [3.8, 4) is 11.5 Å². The van der Waals surface area contributed by atoms with Gasteiger partial charge >= 0.3 is 0 Å². The Balaban J connectivity index is 2.11. The highest BCUT2D eigenvalue weighted by Crippen LogP contribution is 2.36. The predicted molar refractivity (Wildman–Crippen MR) is 88.2 cm³/mol. The van der Waals surface area contributed by atoms with Crippen molar-refractivity contribution in [3.05, 3.63) is 22.2 Å². The monoisotopic (exact) mass is 355 g/mol. The third-order valence-corrected chi connectivity index (χ3v) is 3.76. The summed E-state index contributed by atoms with van der Waals surface area (Å²) >= 11 is 3.50. The van der Waals surface area contributed by atoms with E-state index in [1.807, 2.05) is 12.1 Å². The summed E-state index contributed by atoms with van der Waals surface area (Å²) in [5.41, 5.74) is 1.06. The highest BCUT2D eigenvalue weighted by molar-refractivity contribution is 9.10. The fourth-order valence-corrected chi connectivity index (χ4v) is 2.63. The Labute approximate surface area is 134 Å². The van der Waals surface area contributed by atoms with Crippen LogP contribution in [-0.4, -0.2) is 32.8 Å². The highest BCUT2D eigenvalue weighted by atomic mass is 79.9. The van der Waals surface area contributed by atoms with E-state index in [0.29, 0.717) is 24.1 Å². The molecule has 0 spiro atoms. The molecule has 0 heterocycles. The second kappa shape index (κ2) is 7.54. The quantitative estimate of drug-likeness (QED) is 0.608. The summed E-state index contributed by atoms with van der Waals surface area (Å²) in [5, 5.41) is 6.66. The molecule has 2 N–H and O–H groups in total. The maximum atomic E-state index is 5.35. The SMILES string of the molecule is CCNC(=NCc1cc(Br)c(OC)c(OC)c1)NC1CC1. The molecule has 1 fully saturated rings. The number of rotatable bonds is 6. The van der Waals surface area contributed by atoms with Crippen molar-refractivity contribution in [2.24, 2.45) is 4.99 Å². The van der Waals surface area contributed by atoms with E-state index in [1.165, 1.54) is 12.8 Å². The summed E-state index contributed by atoms with van der Waals surface area (Å²) in [6.07, 6.45) is 2.46. The molecule has 0 unspecified atom stereocenters. The first kappa shape index (κ1) is 15.9. The Bertz CT molecular complexity index is 516. The molecule has 1 aliphatic carbocycles. The Hall–Kier alpha value is -1.43.